The van der Waals surface area contributed by atoms with Crippen LogP contribution in [0.5, 0.6) is 11.8 Å². The van der Waals surface area contributed by atoms with Crippen LogP contribution in [0, 0.1) is 5.82 Å². The summed E-state index contributed by atoms with van der Waals surface area (Å²) >= 11 is 8.17. The first-order chi connectivity index (χ1) is 29.6. The van der Waals surface area contributed by atoms with Crippen LogP contribution < -0.4 is 34.5 Å². The highest BCUT2D eigenvalue weighted by atomic mass is 35.5. The Morgan fingerprint density at radius 1 is 1.06 bits per heavy atom. The maximum Gasteiger partial charge on any atom is 0.339 e. The quantitative estimate of drug-likeness (QED) is 0.0595. The number of rotatable bonds is 14. The zero-order valence-electron chi connectivity index (χ0n) is 33.8. The first-order valence-corrected chi connectivity index (χ1v) is 23.0. The summed E-state index contributed by atoms with van der Waals surface area (Å²) in [7, 11) is -1.65. The lowest BCUT2D eigenvalue weighted by atomic mass is 10.2. The molecule has 3 amide bonds. The fourth-order valence-corrected chi connectivity index (χ4v) is 8.14. The summed E-state index contributed by atoms with van der Waals surface area (Å²) in [5, 5.41) is 11.8. The van der Waals surface area contributed by atoms with Gasteiger partial charge in [0, 0.05) is 38.3 Å². The van der Waals surface area contributed by atoms with E-state index >= 15 is 0 Å². The first-order valence-electron chi connectivity index (χ1n) is 17.6. The Balaban J connectivity index is 0.000000278. The van der Waals surface area contributed by atoms with Gasteiger partial charge in [-0.1, -0.05) is 11.6 Å². The van der Waals surface area contributed by atoms with E-state index in [-0.39, 0.29) is 44.6 Å². The molecule has 0 radical (unpaired) electrons. The van der Waals surface area contributed by atoms with Crippen LogP contribution in [-0.2, 0) is 42.0 Å². The SMILES string of the molecule is COC(=O)CSc1cc(/N=c2\sc(=O)n3n2CCCC3)c(F)cc1Cl.COc1cc(OC)nc(NC(=O)NS(=O)(=O)c2ncccc2C(=O)N(C)C)n1.O=C(O)CNCP(=O)(O)O. The molecule has 63 heavy (non-hydrogen) atoms. The third kappa shape index (κ3) is 16.3. The fraction of sp³-hybridized carbons (Fsp3) is 0.364. The van der Waals surface area contributed by atoms with Crippen LogP contribution in [0.25, 0.3) is 0 Å². The van der Waals surface area contributed by atoms with Gasteiger partial charge in [0.2, 0.25) is 22.5 Å². The predicted octanol–water partition coefficient (Wildman–Crippen LogP) is 1.69. The number of pyridine rings is 1. The number of ether oxygens (including phenoxy) is 3. The Morgan fingerprint density at radius 2 is 1.70 bits per heavy atom. The molecule has 0 spiro atoms. The molecule has 4 aromatic rings. The van der Waals surface area contributed by atoms with E-state index in [4.69, 9.17) is 36.0 Å². The standard InChI is InChI=1S/C15H15ClFN3O3S2.C15H18N6O6S.C3H8NO5P/c1-23-13(21)8-24-12-7-11(10(17)6-9(12)16)18-14-19-4-2-3-5-20(19)15(22)25-14;1-21(2)13(22)9-6-5-7-16-12(9)28(24,25)20-15(23)19-14-17-10(26-3)8-11(18-14)27-4;5-3(6)1-4-2-10(7,8)9/h6-7H,2-5,8H2,1H3;5-8H,1-4H3,(H2,17,18,19,20,23);4H,1-2H2,(H,5,6)(H2,7,8,9)/b18-14-;;. The molecule has 0 saturated heterocycles. The number of methoxy groups -OCH3 is 3. The average molecular weight is 983 g/mol. The number of nitrogens with one attached hydrogen (secondary N) is 3. The highest BCUT2D eigenvalue weighted by molar-refractivity contribution is 8.00. The van der Waals surface area contributed by atoms with Gasteiger partial charge < -0.3 is 34.0 Å². The van der Waals surface area contributed by atoms with Crippen molar-refractivity contribution in [2.75, 3.05) is 59.3 Å². The Bertz CT molecular complexity index is 2570. The lowest BCUT2D eigenvalue weighted by molar-refractivity contribution is -0.137. The molecule has 5 rings (SSSR count). The highest BCUT2D eigenvalue weighted by Gasteiger charge is 2.27. The summed E-state index contributed by atoms with van der Waals surface area (Å²) in [5.41, 5.74) is -0.105. The number of anilines is 1. The molecule has 0 atom stereocenters. The summed E-state index contributed by atoms with van der Waals surface area (Å²) in [4.78, 5) is 91.6. The van der Waals surface area contributed by atoms with Crippen molar-refractivity contribution in [1.82, 2.24) is 39.3 Å². The van der Waals surface area contributed by atoms with Gasteiger partial charge in [-0.15, -0.1) is 11.8 Å². The molecule has 3 aromatic heterocycles. The van der Waals surface area contributed by atoms with Crippen LogP contribution in [0.1, 0.15) is 23.2 Å². The number of esters is 1. The van der Waals surface area contributed by atoms with E-state index in [2.05, 4.69) is 35.3 Å². The molecular weight excluding hydrogens is 942 g/mol. The van der Waals surface area contributed by atoms with Crippen molar-refractivity contribution in [2.45, 2.75) is 35.9 Å². The normalized spacial score (nSPS) is 12.3. The number of amides is 3. The maximum atomic E-state index is 14.3. The van der Waals surface area contributed by atoms with Crippen LogP contribution in [0.2, 0.25) is 5.02 Å². The number of sulfonamides is 1. The van der Waals surface area contributed by atoms with Crippen LogP contribution in [0.4, 0.5) is 20.8 Å². The lowest BCUT2D eigenvalue weighted by Gasteiger charge is -2.15. The molecule has 0 bridgehead atoms. The molecule has 24 nitrogen and oxygen atoms in total. The zero-order chi connectivity index (χ0) is 47.1. The lowest BCUT2D eigenvalue weighted by Crippen LogP contribution is -2.36. The number of hydrogen-bond acceptors (Lipinski definition) is 18. The van der Waals surface area contributed by atoms with Crippen LogP contribution in [0.3, 0.4) is 0 Å². The predicted molar refractivity (Wildman–Crippen MR) is 224 cm³/mol. The van der Waals surface area contributed by atoms with Gasteiger partial charge in [-0.05, 0) is 48.4 Å². The van der Waals surface area contributed by atoms with Crippen molar-refractivity contribution in [3.05, 3.63) is 67.4 Å². The second-order valence-electron chi connectivity index (χ2n) is 12.3. The summed E-state index contributed by atoms with van der Waals surface area (Å²) in [6.45, 7) is 0.885. The third-order valence-electron chi connectivity index (χ3n) is 7.49. The number of carbonyl (C=O) groups is 4. The van der Waals surface area contributed by atoms with Gasteiger partial charge in [0.1, 0.15) is 11.5 Å². The number of thioether (sulfide) groups is 1. The molecule has 0 fully saturated rings. The van der Waals surface area contributed by atoms with Gasteiger partial charge in [-0.25, -0.2) is 28.6 Å². The molecule has 344 valence electrons. The summed E-state index contributed by atoms with van der Waals surface area (Å²) in [5.74, 6) is -2.73. The van der Waals surface area contributed by atoms with Gasteiger partial charge in [0.15, 0.2) is 5.03 Å². The van der Waals surface area contributed by atoms with Crippen LogP contribution in [0.15, 0.2) is 56.2 Å². The molecule has 30 heteroatoms. The largest absolute Gasteiger partial charge is 0.481 e. The first kappa shape index (κ1) is 51.9. The molecule has 1 aromatic carbocycles. The average Bonchev–Trinajstić information content (AvgIpc) is 3.54. The van der Waals surface area contributed by atoms with Gasteiger partial charge in [0.25, 0.3) is 15.9 Å². The summed E-state index contributed by atoms with van der Waals surface area (Å²) in [6.07, 6.45) is 2.49. The fourth-order valence-electron chi connectivity index (χ4n) is 4.71. The number of hydrogen-bond donors (Lipinski definition) is 6. The van der Waals surface area contributed by atoms with E-state index < -0.39 is 65.2 Å². The number of carbonyl (C=O) groups excluding carboxylic acids is 3. The Hall–Kier alpha value is -5.48. The van der Waals surface area contributed by atoms with E-state index in [1.165, 1.54) is 70.8 Å². The Labute approximate surface area is 370 Å². The van der Waals surface area contributed by atoms with E-state index in [1.807, 2.05) is 0 Å². The van der Waals surface area contributed by atoms with E-state index in [0.717, 1.165) is 42.0 Å². The number of halogens is 2. The number of nitrogens with zero attached hydrogens (tertiary/aromatic N) is 7. The summed E-state index contributed by atoms with van der Waals surface area (Å²) in [6, 6.07) is 5.55. The smallest absolute Gasteiger partial charge is 0.339 e. The van der Waals surface area contributed by atoms with Gasteiger partial charge in [-0.3, -0.25) is 39.1 Å². The zero-order valence-corrected chi connectivity index (χ0v) is 37.9. The number of benzene rings is 1. The van der Waals surface area contributed by atoms with E-state index in [1.54, 1.807) is 14.1 Å². The molecule has 1 aliphatic heterocycles. The monoisotopic (exact) mass is 982 g/mol. The Kier molecular flexibility index (Phi) is 19.6. The van der Waals surface area contributed by atoms with Crippen molar-refractivity contribution in [3.8, 4) is 11.8 Å². The molecule has 4 heterocycles. The highest BCUT2D eigenvalue weighted by Crippen LogP contribution is 2.33. The number of aliphatic carboxylic acids is 1. The van der Waals surface area contributed by atoms with Crippen LogP contribution >= 0.6 is 42.3 Å². The van der Waals surface area contributed by atoms with Crippen molar-refractivity contribution in [3.63, 3.8) is 0 Å². The second kappa shape index (κ2) is 23.8. The van der Waals surface area contributed by atoms with Crippen molar-refractivity contribution in [2.24, 2.45) is 4.99 Å². The minimum Gasteiger partial charge on any atom is -0.481 e. The molecule has 1 aliphatic rings. The van der Waals surface area contributed by atoms with Gasteiger partial charge >= 0.3 is 30.4 Å². The van der Waals surface area contributed by atoms with Crippen LogP contribution in [-0.4, -0.2) is 130 Å². The Morgan fingerprint density at radius 3 is 2.27 bits per heavy atom. The summed E-state index contributed by atoms with van der Waals surface area (Å²) < 4.78 is 69.0. The molecule has 0 saturated carbocycles. The van der Waals surface area contributed by atoms with Gasteiger partial charge in [-0.2, -0.15) is 18.4 Å². The third-order valence-corrected chi connectivity index (χ3v) is 11.7. The number of fused-ring (bicyclic) bond motifs is 1. The van der Waals surface area contributed by atoms with Crippen molar-refractivity contribution < 1.29 is 65.7 Å². The number of carboxylic acid groups (broad SMARTS) is 1. The molecule has 0 aliphatic carbocycles. The second-order valence-corrected chi connectivity index (χ2v) is 17.9. The number of urea groups is 1. The molecule has 0 unspecified atom stereocenters. The maximum absolute atomic E-state index is 14.3. The molecular formula is C33H41ClFN10O14PS3. The van der Waals surface area contributed by atoms with E-state index in [9.17, 15) is 41.3 Å². The minimum absolute atomic E-state index is 0.0605. The van der Waals surface area contributed by atoms with E-state index in [0.29, 0.717) is 22.8 Å². The van der Waals surface area contributed by atoms with Gasteiger partial charge in [0.05, 0.1) is 56.6 Å². The van der Waals surface area contributed by atoms with Crippen molar-refractivity contribution in [1.29, 1.82) is 0 Å². The van der Waals surface area contributed by atoms with Crippen molar-refractivity contribution >= 4 is 87.8 Å². The number of carboxylic acids is 1. The molecule has 6 N–H and O–H groups in total. The topological polar surface area (TPSA) is 325 Å². The number of aromatic nitrogens is 5. The minimum atomic E-state index is -4.46.